The largest absolute Gasteiger partial charge is 0.481 e. The maximum Gasteiger partial charge on any atom is 0.303 e. The van der Waals surface area contributed by atoms with Gasteiger partial charge in [0, 0.05) is 38.5 Å². The highest BCUT2D eigenvalue weighted by Gasteiger charge is 2.31. The molecule has 0 aromatic rings. The topological polar surface area (TPSA) is 60.9 Å². The number of hydrogen-bond donors (Lipinski definition) is 1. The molecular formula is C14H24N2O3. The molecule has 0 aromatic carbocycles. The Morgan fingerprint density at radius 3 is 2.74 bits per heavy atom. The molecule has 2 heterocycles. The molecule has 0 spiro atoms. The van der Waals surface area contributed by atoms with E-state index in [4.69, 9.17) is 5.11 Å². The fraction of sp³-hybridized carbons (Fsp3) is 0.857. The SMILES string of the molecule is CC(CC(=O)O)CC(=O)N1CCN2CCCCC2C1. The van der Waals surface area contributed by atoms with Crippen molar-refractivity contribution in [1.82, 2.24) is 9.80 Å². The fourth-order valence-corrected chi connectivity index (χ4v) is 3.18. The average Bonchev–Trinajstić information content (AvgIpc) is 2.37. The van der Waals surface area contributed by atoms with E-state index in [0.29, 0.717) is 12.5 Å². The van der Waals surface area contributed by atoms with E-state index in [1.54, 1.807) is 0 Å². The number of fused-ring (bicyclic) bond motifs is 1. The van der Waals surface area contributed by atoms with E-state index in [1.807, 2.05) is 11.8 Å². The Hall–Kier alpha value is -1.10. The number of carbonyl (C=O) groups is 2. The number of hydrogen-bond acceptors (Lipinski definition) is 3. The van der Waals surface area contributed by atoms with Crippen LogP contribution in [0.2, 0.25) is 0 Å². The third kappa shape index (κ3) is 3.93. The van der Waals surface area contributed by atoms with Gasteiger partial charge in [0.2, 0.25) is 5.91 Å². The molecule has 5 heteroatoms. The first-order valence-electron chi connectivity index (χ1n) is 7.30. The second-order valence-electron chi connectivity index (χ2n) is 5.93. The minimum atomic E-state index is -0.822. The third-order valence-electron chi connectivity index (χ3n) is 4.24. The molecule has 2 aliphatic rings. The summed E-state index contributed by atoms with van der Waals surface area (Å²) in [6, 6.07) is 0.529. The molecule has 0 aromatic heterocycles. The molecule has 0 aliphatic carbocycles. The van der Waals surface area contributed by atoms with Crippen LogP contribution in [0.1, 0.15) is 39.0 Å². The number of aliphatic carboxylic acids is 1. The third-order valence-corrected chi connectivity index (χ3v) is 4.24. The first-order valence-corrected chi connectivity index (χ1v) is 7.30. The normalized spacial score (nSPS) is 25.7. The molecule has 0 bridgehead atoms. The molecule has 2 rings (SSSR count). The summed E-state index contributed by atoms with van der Waals surface area (Å²) in [6.07, 6.45) is 4.17. The zero-order valence-electron chi connectivity index (χ0n) is 11.7. The zero-order valence-corrected chi connectivity index (χ0v) is 11.7. The second kappa shape index (κ2) is 6.37. The van der Waals surface area contributed by atoms with Gasteiger partial charge in [-0.05, 0) is 25.3 Å². The highest BCUT2D eigenvalue weighted by Crippen LogP contribution is 2.22. The molecule has 2 fully saturated rings. The van der Waals surface area contributed by atoms with Gasteiger partial charge in [0.05, 0.1) is 0 Å². The van der Waals surface area contributed by atoms with Gasteiger partial charge in [0.15, 0.2) is 0 Å². The summed E-state index contributed by atoms with van der Waals surface area (Å²) >= 11 is 0. The molecular weight excluding hydrogens is 244 g/mol. The first kappa shape index (κ1) is 14.3. The minimum absolute atomic E-state index is 0.0746. The molecule has 2 saturated heterocycles. The summed E-state index contributed by atoms with van der Waals surface area (Å²) in [4.78, 5) is 27.2. The maximum absolute atomic E-state index is 12.2. The van der Waals surface area contributed by atoms with Gasteiger partial charge in [-0.25, -0.2) is 0 Å². The van der Waals surface area contributed by atoms with Gasteiger partial charge in [-0.1, -0.05) is 13.3 Å². The molecule has 1 amide bonds. The van der Waals surface area contributed by atoms with Crippen LogP contribution in [0.5, 0.6) is 0 Å². The Bertz CT molecular complexity index is 346. The van der Waals surface area contributed by atoms with Crippen molar-refractivity contribution in [3.05, 3.63) is 0 Å². The van der Waals surface area contributed by atoms with E-state index in [9.17, 15) is 9.59 Å². The Balaban J connectivity index is 1.81. The lowest BCUT2D eigenvalue weighted by molar-refractivity contribution is -0.139. The number of piperidine rings is 1. The number of nitrogens with zero attached hydrogens (tertiary/aromatic N) is 2. The minimum Gasteiger partial charge on any atom is -0.481 e. The molecule has 2 unspecified atom stereocenters. The van der Waals surface area contributed by atoms with Crippen molar-refractivity contribution in [3.8, 4) is 0 Å². The van der Waals surface area contributed by atoms with Crippen LogP contribution < -0.4 is 0 Å². The molecule has 0 radical (unpaired) electrons. The van der Waals surface area contributed by atoms with Gasteiger partial charge >= 0.3 is 5.97 Å². The van der Waals surface area contributed by atoms with Crippen molar-refractivity contribution < 1.29 is 14.7 Å². The summed E-state index contributed by atoms with van der Waals surface area (Å²) < 4.78 is 0. The van der Waals surface area contributed by atoms with Crippen LogP contribution in [0, 0.1) is 5.92 Å². The quantitative estimate of drug-likeness (QED) is 0.832. The Morgan fingerprint density at radius 1 is 1.21 bits per heavy atom. The second-order valence-corrected chi connectivity index (χ2v) is 5.93. The van der Waals surface area contributed by atoms with Gasteiger partial charge in [-0.15, -0.1) is 0 Å². The van der Waals surface area contributed by atoms with Crippen molar-refractivity contribution in [2.45, 2.75) is 45.1 Å². The number of rotatable bonds is 4. The molecule has 19 heavy (non-hydrogen) atoms. The summed E-state index contributed by atoms with van der Waals surface area (Å²) in [6.45, 7) is 5.61. The average molecular weight is 268 g/mol. The summed E-state index contributed by atoms with van der Waals surface area (Å²) in [5, 5.41) is 8.73. The maximum atomic E-state index is 12.2. The van der Waals surface area contributed by atoms with Crippen molar-refractivity contribution in [1.29, 1.82) is 0 Å². The number of piperazine rings is 1. The van der Waals surface area contributed by atoms with Crippen molar-refractivity contribution >= 4 is 11.9 Å². The standard InChI is InChI=1S/C14H24N2O3/c1-11(9-14(18)19)8-13(17)16-7-6-15-5-3-2-4-12(15)10-16/h11-12H,2-10H2,1H3,(H,18,19). The number of carbonyl (C=O) groups excluding carboxylic acids is 1. The van der Waals surface area contributed by atoms with Crippen LogP contribution in [-0.4, -0.2) is 59.0 Å². The Labute approximate surface area is 114 Å². The van der Waals surface area contributed by atoms with Crippen LogP contribution in [0.15, 0.2) is 0 Å². The molecule has 2 aliphatic heterocycles. The van der Waals surface area contributed by atoms with Gasteiger partial charge < -0.3 is 10.0 Å². The molecule has 5 nitrogen and oxygen atoms in total. The fourth-order valence-electron chi connectivity index (χ4n) is 3.18. The molecule has 1 N–H and O–H groups in total. The van der Waals surface area contributed by atoms with Gasteiger partial charge in [-0.2, -0.15) is 0 Å². The van der Waals surface area contributed by atoms with E-state index in [2.05, 4.69) is 4.90 Å². The van der Waals surface area contributed by atoms with Crippen molar-refractivity contribution in [2.75, 3.05) is 26.2 Å². The van der Waals surface area contributed by atoms with Crippen LogP contribution in [0.4, 0.5) is 0 Å². The van der Waals surface area contributed by atoms with E-state index in [1.165, 1.54) is 25.8 Å². The van der Waals surface area contributed by atoms with Crippen molar-refractivity contribution in [2.24, 2.45) is 5.92 Å². The number of carboxylic acids is 1. The lowest BCUT2D eigenvalue weighted by atomic mass is 9.98. The molecule has 0 saturated carbocycles. The molecule has 2 atom stereocenters. The number of amides is 1. The highest BCUT2D eigenvalue weighted by molar-refractivity contribution is 5.77. The lowest BCUT2D eigenvalue weighted by Crippen LogP contribution is -2.56. The van der Waals surface area contributed by atoms with E-state index in [-0.39, 0.29) is 18.2 Å². The van der Waals surface area contributed by atoms with Crippen LogP contribution in [0.25, 0.3) is 0 Å². The van der Waals surface area contributed by atoms with Crippen LogP contribution in [0.3, 0.4) is 0 Å². The smallest absolute Gasteiger partial charge is 0.303 e. The number of carboxylic acid groups (broad SMARTS) is 1. The zero-order chi connectivity index (χ0) is 13.8. The highest BCUT2D eigenvalue weighted by atomic mass is 16.4. The van der Waals surface area contributed by atoms with Crippen molar-refractivity contribution in [3.63, 3.8) is 0 Å². The van der Waals surface area contributed by atoms with Crippen LogP contribution >= 0.6 is 0 Å². The van der Waals surface area contributed by atoms with E-state index >= 15 is 0 Å². The Morgan fingerprint density at radius 2 is 2.00 bits per heavy atom. The summed E-state index contributed by atoms with van der Waals surface area (Å²) in [5.74, 6) is -0.772. The van der Waals surface area contributed by atoms with E-state index in [0.717, 1.165) is 19.6 Å². The van der Waals surface area contributed by atoms with Gasteiger partial charge in [0.25, 0.3) is 0 Å². The summed E-state index contributed by atoms with van der Waals surface area (Å²) in [7, 11) is 0. The van der Waals surface area contributed by atoms with Gasteiger partial charge in [-0.3, -0.25) is 14.5 Å². The van der Waals surface area contributed by atoms with Crippen LogP contribution in [-0.2, 0) is 9.59 Å². The Kier molecular flexibility index (Phi) is 4.80. The monoisotopic (exact) mass is 268 g/mol. The first-order chi connectivity index (χ1) is 9.06. The summed E-state index contributed by atoms with van der Waals surface area (Å²) in [5.41, 5.74) is 0. The molecule has 108 valence electrons. The van der Waals surface area contributed by atoms with E-state index < -0.39 is 5.97 Å². The predicted molar refractivity (Wildman–Crippen MR) is 71.8 cm³/mol. The van der Waals surface area contributed by atoms with Gasteiger partial charge in [0.1, 0.15) is 0 Å². The lowest BCUT2D eigenvalue weighted by Gasteiger charge is -2.44. The predicted octanol–water partition coefficient (Wildman–Crippen LogP) is 1.18.